The zero-order chi connectivity index (χ0) is 10.0. The molecule has 1 N–H and O–H groups in total. The number of rotatable bonds is 2. The average molecular weight is 185 g/mol. The minimum absolute atomic E-state index is 0.113. The van der Waals surface area contributed by atoms with E-state index in [1.54, 1.807) is 19.0 Å². The molecule has 0 radical (unpaired) electrons. The summed E-state index contributed by atoms with van der Waals surface area (Å²) in [6.45, 7) is 5.93. The molecule has 0 atom stereocenters. The number of nitrogens with zero attached hydrogens (tertiary/aromatic N) is 2. The first kappa shape index (κ1) is 10.3. The predicted octanol–water partition coefficient (Wildman–Crippen LogP) is 0.350. The number of hydrogen-bond acceptors (Lipinski definition) is 2. The number of amides is 2. The summed E-state index contributed by atoms with van der Waals surface area (Å²) in [5, 5.41) is 3.39. The molecular formula is C9H19N3O. The molecule has 1 fully saturated rings. The predicted molar refractivity (Wildman–Crippen MR) is 52.7 cm³/mol. The van der Waals surface area contributed by atoms with Crippen molar-refractivity contribution in [1.82, 2.24) is 15.1 Å². The summed E-state index contributed by atoms with van der Waals surface area (Å²) in [7, 11) is 3.57. The molecule has 4 nitrogen and oxygen atoms in total. The summed E-state index contributed by atoms with van der Waals surface area (Å²) >= 11 is 0. The number of likely N-dealkylation sites (tertiary alicyclic amines) is 1. The van der Waals surface area contributed by atoms with Crippen LogP contribution in [0, 0.1) is 0 Å². The third kappa shape index (κ3) is 2.59. The normalized spacial score (nSPS) is 17.5. The summed E-state index contributed by atoms with van der Waals surface area (Å²) in [5.74, 6) is 0. The summed E-state index contributed by atoms with van der Waals surface area (Å²) < 4.78 is 0. The Hall–Kier alpha value is -0.770. The summed E-state index contributed by atoms with van der Waals surface area (Å²) in [6.07, 6.45) is 0. The van der Waals surface area contributed by atoms with Crippen LogP contribution in [0.3, 0.4) is 0 Å². The monoisotopic (exact) mass is 185 g/mol. The average Bonchev–Trinajstić information content (AvgIpc) is 1.94. The number of nitrogens with one attached hydrogen (secondary N) is 1. The molecule has 0 saturated carbocycles. The zero-order valence-corrected chi connectivity index (χ0v) is 8.87. The molecule has 76 valence electrons. The highest BCUT2D eigenvalue weighted by Crippen LogP contribution is 2.10. The van der Waals surface area contributed by atoms with E-state index in [9.17, 15) is 4.79 Å². The second kappa shape index (κ2) is 3.96. The maximum absolute atomic E-state index is 11.4. The summed E-state index contributed by atoms with van der Waals surface area (Å²) in [4.78, 5) is 14.8. The van der Waals surface area contributed by atoms with Crippen LogP contribution in [-0.2, 0) is 0 Å². The van der Waals surface area contributed by atoms with E-state index in [1.807, 2.05) is 4.90 Å². The Balaban J connectivity index is 2.22. The van der Waals surface area contributed by atoms with Crippen LogP contribution < -0.4 is 5.32 Å². The Morgan fingerprint density at radius 3 is 2.38 bits per heavy atom. The van der Waals surface area contributed by atoms with Crippen molar-refractivity contribution in [3.05, 3.63) is 0 Å². The van der Waals surface area contributed by atoms with Crippen molar-refractivity contribution in [3.63, 3.8) is 0 Å². The highest BCUT2D eigenvalue weighted by atomic mass is 16.2. The van der Waals surface area contributed by atoms with Gasteiger partial charge in [0.2, 0.25) is 0 Å². The quantitative estimate of drug-likeness (QED) is 0.674. The van der Waals surface area contributed by atoms with Crippen LogP contribution in [0.2, 0.25) is 0 Å². The summed E-state index contributed by atoms with van der Waals surface area (Å²) in [6, 6.07) is 1.10. The largest absolute Gasteiger partial charge is 0.331 e. The molecule has 1 heterocycles. The van der Waals surface area contributed by atoms with Crippen molar-refractivity contribution in [2.45, 2.75) is 25.9 Å². The van der Waals surface area contributed by atoms with Gasteiger partial charge in [0.15, 0.2) is 0 Å². The first-order valence-electron chi connectivity index (χ1n) is 4.73. The Morgan fingerprint density at radius 2 is 2.00 bits per heavy atom. The molecule has 1 aliphatic rings. The lowest BCUT2D eigenvalue weighted by atomic mass is 10.1. The molecule has 2 amide bonds. The van der Waals surface area contributed by atoms with Gasteiger partial charge in [-0.05, 0) is 0 Å². The molecule has 13 heavy (non-hydrogen) atoms. The molecule has 0 aromatic rings. The minimum atomic E-state index is 0.113. The first-order chi connectivity index (χ1) is 6.00. The fraction of sp³-hybridized carbons (Fsp3) is 0.889. The van der Waals surface area contributed by atoms with Crippen LogP contribution in [0.25, 0.3) is 0 Å². The maximum Gasteiger partial charge on any atom is 0.319 e. The van der Waals surface area contributed by atoms with Crippen molar-refractivity contribution in [2.75, 3.05) is 27.2 Å². The number of urea groups is 1. The number of hydrogen-bond donors (Lipinski definition) is 1. The smallest absolute Gasteiger partial charge is 0.319 e. The van der Waals surface area contributed by atoms with Crippen LogP contribution in [0.15, 0.2) is 0 Å². The van der Waals surface area contributed by atoms with Crippen molar-refractivity contribution in [2.24, 2.45) is 0 Å². The van der Waals surface area contributed by atoms with Gasteiger partial charge >= 0.3 is 6.03 Å². The highest BCUT2D eigenvalue weighted by molar-refractivity contribution is 5.74. The van der Waals surface area contributed by atoms with E-state index in [2.05, 4.69) is 19.2 Å². The Morgan fingerprint density at radius 1 is 1.46 bits per heavy atom. The molecule has 1 aliphatic heterocycles. The van der Waals surface area contributed by atoms with E-state index < -0.39 is 0 Å². The van der Waals surface area contributed by atoms with Gasteiger partial charge in [0, 0.05) is 39.3 Å². The lowest BCUT2D eigenvalue weighted by Gasteiger charge is -2.41. The Bertz CT molecular complexity index is 185. The van der Waals surface area contributed by atoms with Gasteiger partial charge in [-0.1, -0.05) is 13.8 Å². The van der Waals surface area contributed by atoms with Crippen molar-refractivity contribution in [1.29, 1.82) is 0 Å². The SMILES string of the molecule is CC(C)NC1CN(C(=O)N(C)C)C1. The molecule has 1 saturated heterocycles. The molecule has 0 aromatic heterocycles. The van der Waals surface area contributed by atoms with Crippen LogP contribution in [0.1, 0.15) is 13.8 Å². The molecule has 0 aliphatic carbocycles. The molecular weight excluding hydrogens is 166 g/mol. The first-order valence-corrected chi connectivity index (χ1v) is 4.73. The zero-order valence-electron chi connectivity index (χ0n) is 8.87. The number of carbonyl (C=O) groups excluding carboxylic acids is 1. The third-order valence-corrected chi connectivity index (χ3v) is 2.10. The molecule has 0 spiro atoms. The van der Waals surface area contributed by atoms with E-state index in [1.165, 1.54) is 0 Å². The van der Waals surface area contributed by atoms with Gasteiger partial charge in [0.05, 0.1) is 0 Å². The Kier molecular flexibility index (Phi) is 3.14. The lowest BCUT2D eigenvalue weighted by Crippen LogP contribution is -2.62. The van der Waals surface area contributed by atoms with Crippen LogP contribution >= 0.6 is 0 Å². The maximum atomic E-state index is 11.4. The van der Waals surface area contributed by atoms with Gasteiger partial charge in [-0.2, -0.15) is 0 Å². The van der Waals surface area contributed by atoms with E-state index >= 15 is 0 Å². The number of carbonyl (C=O) groups is 1. The second-order valence-corrected chi connectivity index (χ2v) is 4.10. The van der Waals surface area contributed by atoms with Gasteiger partial charge in [0.1, 0.15) is 0 Å². The van der Waals surface area contributed by atoms with Gasteiger partial charge in [0.25, 0.3) is 0 Å². The van der Waals surface area contributed by atoms with Crippen molar-refractivity contribution < 1.29 is 4.79 Å². The minimum Gasteiger partial charge on any atom is -0.331 e. The van der Waals surface area contributed by atoms with E-state index in [0.717, 1.165) is 13.1 Å². The van der Waals surface area contributed by atoms with E-state index in [0.29, 0.717) is 12.1 Å². The summed E-state index contributed by atoms with van der Waals surface area (Å²) in [5.41, 5.74) is 0. The van der Waals surface area contributed by atoms with Gasteiger partial charge in [-0.15, -0.1) is 0 Å². The molecule has 0 aromatic carbocycles. The molecule has 1 rings (SSSR count). The third-order valence-electron chi connectivity index (χ3n) is 2.10. The van der Waals surface area contributed by atoms with E-state index in [4.69, 9.17) is 0 Å². The van der Waals surface area contributed by atoms with Gasteiger partial charge < -0.3 is 15.1 Å². The highest BCUT2D eigenvalue weighted by Gasteiger charge is 2.31. The fourth-order valence-corrected chi connectivity index (χ4v) is 1.49. The van der Waals surface area contributed by atoms with Gasteiger partial charge in [-0.3, -0.25) is 0 Å². The molecule has 0 bridgehead atoms. The molecule has 0 unspecified atom stereocenters. The topological polar surface area (TPSA) is 35.6 Å². The standard InChI is InChI=1S/C9H19N3O/c1-7(2)10-8-5-12(6-8)9(13)11(3)4/h7-8,10H,5-6H2,1-4H3. The molecule has 4 heteroatoms. The van der Waals surface area contributed by atoms with E-state index in [-0.39, 0.29) is 6.03 Å². The van der Waals surface area contributed by atoms with Crippen LogP contribution in [-0.4, -0.2) is 55.1 Å². The second-order valence-electron chi connectivity index (χ2n) is 4.10. The van der Waals surface area contributed by atoms with Crippen LogP contribution in [0.4, 0.5) is 4.79 Å². The van der Waals surface area contributed by atoms with Crippen LogP contribution in [0.5, 0.6) is 0 Å². The van der Waals surface area contributed by atoms with Crippen molar-refractivity contribution in [3.8, 4) is 0 Å². The Labute approximate surface area is 79.9 Å². The fourth-order valence-electron chi connectivity index (χ4n) is 1.49. The van der Waals surface area contributed by atoms with Gasteiger partial charge in [-0.25, -0.2) is 4.79 Å². The van der Waals surface area contributed by atoms with Crippen molar-refractivity contribution >= 4 is 6.03 Å². The lowest BCUT2D eigenvalue weighted by molar-refractivity contribution is 0.114.